The predicted octanol–water partition coefficient (Wildman–Crippen LogP) is 5.05. The van der Waals surface area contributed by atoms with Gasteiger partial charge in [0.25, 0.3) is 0 Å². The van der Waals surface area contributed by atoms with Gasteiger partial charge in [-0.05, 0) is 49.4 Å². The molecule has 0 saturated heterocycles. The Morgan fingerprint density at radius 3 is 3.04 bits per heavy atom. The molecule has 0 aliphatic heterocycles. The number of hydrogen-bond acceptors (Lipinski definition) is 4. The van der Waals surface area contributed by atoms with Gasteiger partial charge in [0.05, 0.1) is 17.5 Å². The number of pyridine rings is 1. The number of hydrogen-bond donors (Lipinski definition) is 0. The molecule has 5 rings (SSSR count). The van der Waals surface area contributed by atoms with Crippen LogP contribution in [0.15, 0.2) is 55.1 Å². The third-order valence-electron chi connectivity index (χ3n) is 5.43. The number of halogens is 1. The maximum atomic E-state index is 6.18. The molecule has 0 bridgehead atoms. The van der Waals surface area contributed by atoms with E-state index in [1.54, 1.807) is 0 Å². The molecule has 1 fully saturated rings. The lowest BCUT2D eigenvalue weighted by Gasteiger charge is -2.15. The van der Waals surface area contributed by atoms with Crippen LogP contribution in [0.5, 0.6) is 5.75 Å². The van der Waals surface area contributed by atoms with Crippen LogP contribution in [-0.4, -0.2) is 26.1 Å². The quantitative estimate of drug-likeness (QED) is 0.466. The van der Waals surface area contributed by atoms with Gasteiger partial charge in [-0.15, -0.1) is 0 Å². The zero-order valence-corrected chi connectivity index (χ0v) is 15.5. The van der Waals surface area contributed by atoms with E-state index >= 15 is 0 Å². The Balaban J connectivity index is 1.27. The molecule has 0 N–H and O–H groups in total. The molecule has 6 heteroatoms. The van der Waals surface area contributed by atoms with Crippen LogP contribution >= 0.6 is 11.6 Å². The second kappa shape index (κ2) is 6.82. The van der Waals surface area contributed by atoms with Crippen LogP contribution in [0.4, 0.5) is 0 Å². The van der Waals surface area contributed by atoms with Crippen molar-refractivity contribution < 1.29 is 4.74 Å². The maximum Gasteiger partial charge on any atom is 0.145 e. The van der Waals surface area contributed by atoms with Crippen LogP contribution in [0.3, 0.4) is 0 Å². The number of fused-ring (bicyclic) bond motifs is 2. The van der Waals surface area contributed by atoms with Gasteiger partial charge < -0.3 is 9.30 Å². The normalized spacial score (nSPS) is 19.7. The Morgan fingerprint density at radius 1 is 1.11 bits per heavy atom. The fraction of sp³-hybridized carbons (Fsp3) is 0.286. The average Bonchev–Trinajstić information content (AvgIpc) is 3.33. The van der Waals surface area contributed by atoms with Crippen LogP contribution < -0.4 is 4.74 Å². The van der Waals surface area contributed by atoms with Crippen molar-refractivity contribution >= 4 is 33.5 Å². The molecule has 5 nitrogen and oxygen atoms in total. The smallest absolute Gasteiger partial charge is 0.145 e. The first-order chi connectivity index (χ1) is 13.3. The van der Waals surface area contributed by atoms with E-state index in [1.807, 2.05) is 30.5 Å². The van der Waals surface area contributed by atoms with Gasteiger partial charge in [0.1, 0.15) is 22.9 Å². The molecule has 3 heterocycles. The zero-order chi connectivity index (χ0) is 18.2. The van der Waals surface area contributed by atoms with E-state index in [1.165, 1.54) is 6.33 Å². The average molecular weight is 379 g/mol. The van der Waals surface area contributed by atoms with Gasteiger partial charge in [0.15, 0.2) is 0 Å². The summed E-state index contributed by atoms with van der Waals surface area (Å²) >= 11 is 6.18. The molecular weight excluding hydrogens is 360 g/mol. The summed E-state index contributed by atoms with van der Waals surface area (Å²) in [5.74, 6) is 1.42. The van der Waals surface area contributed by atoms with E-state index in [9.17, 15) is 0 Å². The fourth-order valence-electron chi connectivity index (χ4n) is 4.04. The van der Waals surface area contributed by atoms with Gasteiger partial charge in [0, 0.05) is 29.9 Å². The Labute approximate surface area is 162 Å². The highest BCUT2D eigenvalue weighted by atomic mass is 35.5. The molecule has 136 valence electrons. The molecule has 1 aromatic carbocycles. The Morgan fingerprint density at radius 2 is 2.07 bits per heavy atom. The minimum atomic E-state index is 0.431. The number of aromatic nitrogens is 4. The maximum absolute atomic E-state index is 6.18. The molecule has 2 atom stereocenters. The van der Waals surface area contributed by atoms with Gasteiger partial charge >= 0.3 is 0 Å². The van der Waals surface area contributed by atoms with Gasteiger partial charge in [-0.1, -0.05) is 17.7 Å². The topological polar surface area (TPSA) is 52.8 Å². The monoisotopic (exact) mass is 378 g/mol. The van der Waals surface area contributed by atoms with Gasteiger partial charge in [-0.25, -0.2) is 9.97 Å². The van der Waals surface area contributed by atoms with Crippen molar-refractivity contribution in [1.82, 2.24) is 19.5 Å². The van der Waals surface area contributed by atoms with E-state index < -0.39 is 0 Å². The predicted molar refractivity (Wildman–Crippen MR) is 106 cm³/mol. The van der Waals surface area contributed by atoms with E-state index in [-0.39, 0.29) is 0 Å². The molecule has 0 radical (unpaired) electrons. The van der Waals surface area contributed by atoms with Crippen molar-refractivity contribution in [3.63, 3.8) is 0 Å². The summed E-state index contributed by atoms with van der Waals surface area (Å²) in [4.78, 5) is 12.9. The van der Waals surface area contributed by atoms with E-state index in [0.717, 1.165) is 53.6 Å². The summed E-state index contributed by atoms with van der Waals surface area (Å²) in [5, 5.41) is 2.56. The third-order valence-corrected chi connectivity index (χ3v) is 5.73. The lowest BCUT2D eigenvalue weighted by molar-refractivity contribution is 0.248. The molecule has 4 aromatic rings. The largest absolute Gasteiger partial charge is 0.493 e. The summed E-state index contributed by atoms with van der Waals surface area (Å²) in [7, 11) is 0. The summed E-state index contributed by atoms with van der Waals surface area (Å²) in [6.45, 7) is 0.726. The van der Waals surface area contributed by atoms with Crippen molar-refractivity contribution in [2.75, 3.05) is 6.61 Å². The summed E-state index contributed by atoms with van der Waals surface area (Å²) < 4.78 is 8.31. The highest BCUT2D eigenvalue weighted by Gasteiger charge is 2.27. The molecule has 0 unspecified atom stereocenters. The third kappa shape index (κ3) is 3.12. The van der Waals surface area contributed by atoms with E-state index in [0.29, 0.717) is 17.1 Å². The zero-order valence-electron chi connectivity index (χ0n) is 14.8. The highest BCUT2D eigenvalue weighted by molar-refractivity contribution is 6.33. The fourth-order valence-corrected chi connectivity index (χ4v) is 4.23. The Kier molecular flexibility index (Phi) is 4.17. The van der Waals surface area contributed by atoms with Gasteiger partial charge in [0.2, 0.25) is 0 Å². The number of benzene rings is 1. The number of nitrogens with zero attached hydrogens (tertiary/aromatic N) is 4. The van der Waals surface area contributed by atoms with Crippen LogP contribution in [0.1, 0.15) is 25.3 Å². The molecule has 0 spiro atoms. The summed E-state index contributed by atoms with van der Waals surface area (Å²) in [6.07, 6.45) is 8.77. The Hall–Kier alpha value is -2.66. The van der Waals surface area contributed by atoms with Crippen molar-refractivity contribution in [2.24, 2.45) is 5.92 Å². The van der Waals surface area contributed by atoms with Crippen LogP contribution in [0.25, 0.3) is 21.9 Å². The molecule has 0 amide bonds. The van der Waals surface area contributed by atoms with Gasteiger partial charge in [-0.3, -0.25) is 4.98 Å². The summed E-state index contributed by atoms with van der Waals surface area (Å²) in [6, 6.07) is 12.5. The second-order valence-electron chi connectivity index (χ2n) is 7.13. The van der Waals surface area contributed by atoms with Crippen molar-refractivity contribution in [3.8, 4) is 5.75 Å². The number of ether oxygens (including phenoxy) is 1. The highest BCUT2D eigenvalue weighted by Crippen LogP contribution is 2.37. The molecule has 27 heavy (non-hydrogen) atoms. The molecule has 1 aliphatic carbocycles. The van der Waals surface area contributed by atoms with Crippen molar-refractivity contribution in [2.45, 2.75) is 25.3 Å². The minimum Gasteiger partial charge on any atom is -0.493 e. The number of rotatable bonds is 4. The van der Waals surface area contributed by atoms with Crippen molar-refractivity contribution in [3.05, 3.63) is 60.3 Å². The molecular formula is C21H19ClN4O. The second-order valence-corrected chi connectivity index (χ2v) is 7.48. The molecule has 3 aromatic heterocycles. The van der Waals surface area contributed by atoms with Crippen LogP contribution in [-0.2, 0) is 0 Å². The SMILES string of the molecule is Clc1ncnc2c1ccn2[C@H]1CC[C@@H](COc2ccc3cccnc3c2)C1. The first-order valence-electron chi connectivity index (χ1n) is 9.22. The van der Waals surface area contributed by atoms with Crippen LogP contribution in [0.2, 0.25) is 5.15 Å². The standard InChI is InChI=1S/C21H19ClN4O/c22-20-18-7-9-26(21(18)25-13-24-20)16-5-3-14(10-16)12-27-17-6-4-15-2-1-8-23-19(15)11-17/h1-2,4,6-9,11,13-14,16H,3,5,10,12H2/t14-,16+/m1/s1. The minimum absolute atomic E-state index is 0.431. The lowest BCUT2D eigenvalue weighted by Crippen LogP contribution is -2.10. The molecule has 1 aliphatic rings. The molecule has 1 saturated carbocycles. The van der Waals surface area contributed by atoms with E-state index in [4.69, 9.17) is 16.3 Å². The van der Waals surface area contributed by atoms with Crippen molar-refractivity contribution in [1.29, 1.82) is 0 Å². The van der Waals surface area contributed by atoms with E-state index in [2.05, 4.69) is 37.8 Å². The van der Waals surface area contributed by atoms with Crippen LogP contribution in [0, 0.1) is 5.92 Å². The lowest BCUT2D eigenvalue weighted by atomic mass is 10.1. The Bertz CT molecular complexity index is 1110. The summed E-state index contributed by atoms with van der Waals surface area (Å²) in [5.41, 5.74) is 1.89. The first-order valence-corrected chi connectivity index (χ1v) is 9.60. The first kappa shape index (κ1) is 16.5. The van der Waals surface area contributed by atoms with Gasteiger partial charge in [-0.2, -0.15) is 0 Å².